The number of ether oxygens (including phenoxy) is 1. The second kappa shape index (κ2) is 5.82. The maximum atomic E-state index is 11.3. The third kappa shape index (κ3) is 4.65. The lowest BCUT2D eigenvalue weighted by atomic mass is 10.2. The lowest BCUT2D eigenvalue weighted by molar-refractivity contribution is -0.145. The van der Waals surface area contributed by atoms with E-state index in [0.29, 0.717) is 5.69 Å². The van der Waals surface area contributed by atoms with Crippen LogP contribution in [0.3, 0.4) is 0 Å². The van der Waals surface area contributed by atoms with E-state index in [1.165, 1.54) is 0 Å². The fraction of sp³-hybridized carbons (Fsp3) is 0.455. The molecule has 0 bridgehead atoms. The number of hydrogen-bond acceptors (Lipinski definition) is 6. The number of aromatic amines is 1. The van der Waals surface area contributed by atoms with Crippen LogP contribution in [0, 0.1) is 11.3 Å². The van der Waals surface area contributed by atoms with Gasteiger partial charge in [0.15, 0.2) is 6.21 Å². The average Bonchev–Trinajstić information content (AvgIpc) is 2.75. The molecule has 1 aromatic heterocycles. The molecule has 0 aliphatic rings. The predicted octanol–water partition coefficient (Wildman–Crippen LogP) is 1.32. The van der Waals surface area contributed by atoms with Crippen molar-refractivity contribution in [2.75, 3.05) is 0 Å². The van der Waals surface area contributed by atoms with Crippen molar-refractivity contribution in [1.82, 2.24) is 10.2 Å². The summed E-state index contributed by atoms with van der Waals surface area (Å²) < 4.78 is 4.97. The standard InChI is InChI=1S/C11H14N4O3/c1-11(2,3)17-10(16)7-14-18-9(6-12)8-4-5-13-15-8/h4-5,7,9H,1-3H3,(H,13,15). The Hall–Kier alpha value is -2.36. The molecule has 96 valence electrons. The highest BCUT2D eigenvalue weighted by molar-refractivity contribution is 6.23. The van der Waals surface area contributed by atoms with Gasteiger partial charge in [-0.2, -0.15) is 10.4 Å². The van der Waals surface area contributed by atoms with Gasteiger partial charge < -0.3 is 9.57 Å². The average molecular weight is 250 g/mol. The number of aromatic nitrogens is 2. The molecule has 0 aliphatic carbocycles. The Kier molecular flexibility index (Phi) is 4.43. The van der Waals surface area contributed by atoms with Gasteiger partial charge in [-0.1, -0.05) is 5.16 Å². The molecule has 7 heteroatoms. The maximum absolute atomic E-state index is 11.3. The van der Waals surface area contributed by atoms with E-state index in [1.54, 1.807) is 33.0 Å². The van der Waals surface area contributed by atoms with E-state index in [9.17, 15) is 4.79 Å². The number of esters is 1. The minimum absolute atomic E-state index is 0.388. The quantitative estimate of drug-likeness (QED) is 0.493. The van der Waals surface area contributed by atoms with Gasteiger partial charge in [0.2, 0.25) is 0 Å². The fourth-order valence-corrected chi connectivity index (χ4v) is 1.02. The first kappa shape index (κ1) is 13.7. The van der Waals surface area contributed by atoms with Gasteiger partial charge in [0.05, 0.1) is 0 Å². The number of oxime groups is 1. The molecule has 1 N–H and O–H groups in total. The van der Waals surface area contributed by atoms with Crippen molar-refractivity contribution in [3.05, 3.63) is 18.0 Å². The topological polar surface area (TPSA) is 100 Å². The Labute approximate surface area is 104 Å². The van der Waals surface area contributed by atoms with E-state index < -0.39 is 17.7 Å². The number of H-pyrrole nitrogens is 1. The Bertz CT molecular complexity index is 454. The molecule has 0 amide bonds. The first-order valence-electron chi connectivity index (χ1n) is 5.24. The normalized spacial score (nSPS) is 13.0. The summed E-state index contributed by atoms with van der Waals surface area (Å²) in [5, 5.41) is 18.6. The largest absolute Gasteiger partial charge is 0.456 e. The van der Waals surface area contributed by atoms with Crippen LogP contribution in [0.1, 0.15) is 32.6 Å². The Balaban J connectivity index is 2.49. The first-order valence-corrected chi connectivity index (χ1v) is 5.24. The molecule has 0 radical (unpaired) electrons. The zero-order valence-electron chi connectivity index (χ0n) is 10.4. The van der Waals surface area contributed by atoms with Crippen molar-refractivity contribution in [3.63, 3.8) is 0 Å². The smallest absolute Gasteiger partial charge is 0.353 e. The molecule has 18 heavy (non-hydrogen) atoms. The molecule has 0 saturated heterocycles. The monoisotopic (exact) mass is 250 g/mol. The van der Waals surface area contributed by atoms with Gasteiger partial charge >= 0.3 is 5.97 Å². The number of hydrogen-bond donors (Lipinski definition) is 1. The summed E-state index contributed by atoms with van der Waals surface area (Å²) >= 11 is 0. The van der Waals surface area contributed by atoms with Gasteiger partial charge in [0.1, 0.15) is 17.4 Å². The van der Waals surface area contributed by atoms with Crippen LogP contribution in [0.25, 0.3) is 0 Å². The highest BCUT2D eigenvalue weighted by Gasteiger charge is 2.16. The van der Waals surface area contributed by atoms with Crippen LogP contribution in [-0.2, 0) is 14.4 Å². The van der Waals surface area contributed by atoms with E-state index in [4.69, 9.17) is 14.8 Å². The summed E-state index contributed by atoms with van der Waals surface area (Å²) in [6.45, 7) is 5.21. The minimum atomic E-state index is -0.963. The number of carbonyl (C=O) groups excluding carboxylic acids is 1. The third-order valence-electron chi connectivity index (χ3n) is 1.64. The van der Waals surface area contributed by atoms with Gasteiger partial charge in [0.25, 0.3) is 6.10 Å². The highest BCUT2D eigenvalue weighted by Crippen LogP contribution is 2.13. The van der Waals surface area contributed by atoms with Crippen molar-refractivity contribution in [2.45, 2.75) is 32.5 Å². The van der Waals surface area contributed by atoms with Crippen LogP contribution in [0.4, 0.5) is 0 Å². The van der Waals surface area contributed by atoms with Crippen LogP contribution < -0.4 is 0 Å². The molecule has 0 aromatic carbocycles. The number of carbonyl (C=O) groups is 1. The molecule has 1 aromatic rings. The van der Waals surface area contributed by atoms with E-state index in [1.807, 2.05) is 6.07 Å². The zero-order valence-corrected chi connectivity index (χ0v) is 10.4. The SMILES string of the molecule is CC(C)(C)OC(=O)C=NOC(C#N)c1cc[nH]n1. The first-order chi connectivity index (χ1) is 8.42. The second-order valence-corrected chi connectivity index (χ2v) is 4.38. The summed E-state index contributed by atoms with van der Waals surface area (Å²) in [7, 11) is 0. The Morgan fingerprint density at radius 3 is 2.89 bits per heavy atom. The molecule has 1 rings (SSSR count). The van der Waals surface area contributed by atoms with E-state index in [-0.39, 0.29) is 0 Å². The van der Waals surface area contributed by atoms with Crippen molar-refractivity contribution in [2.24, 2.45) is 5.16 Å². The summed E-state index contributed by atoms with van der Waals surface area (Å²) in [5.41, 5.74) is -0.209. The van der Waals surface area contributed by atoms with Gasteiger partial charge in [-0.25, -0.2) is 4.79 Å². The molecule has 0 aliphatic heterocycles. The van der Waals surface area contributed by atoms with Crippen LogP contribution in [0.2, 0.25) is 0 Å². The van der Waals surface area contributed by atoms with Gasteiger partial charge in [-0.05, 0) is 26.8 Å². The van der Waals surface area contributed by atoms with Crippen LogP contribution in [0.5, 0.6) is 0 Å². The van der Waals surface area contributed by atoms with Gasteiger partial charge in [0, 0.05) is 6.20 Å². The number of nitrogens with zero attached hydrogens (tertiary/aromatic N) is 3. The summed E-state index contributed by atoms with van der Waals surface area (Å²) in [6, 6.07) is 3.44. The van der Waals surface area contributed by atoms with Gasteiger partial charge in [-0.15, -0.1) is 0 Å². The minimum Gasteiger partial charge on any atom is -0.456 e. The summed E-state index contributed by atoms with van der Waals surface area (Å²) in [6.07, 6.45) is 1.47. The molecule has 1 unspecified atom stereocenters. The van der Waals surface area contributed by atoms with Crippen molar-refractivity contribution >= 4 is 12.2 Å². The van der Waals surface area contributed by atoms with Crippen molar-refractivity contribution < 1.29 is 14.4 Å². The Morgan fingerprint density at radius 2 is 2.39 bits per heavy atom. The molecular weight excluding hydrogens is 236 g/mol. The summed E-state index contributed by atoms with van der Waals surface area (Å²) in [5.74, 6) is -0.638. The zero-order chi connectivity index (χ0) is 13.6. The molecule has 0 fully saturated rings. The van der Waals surface area contributed by atoms with E-state index in [2.05, 4.69) is 15.4 Å². The molecular formula is C11H14N4O3. The van der Waals surface area contributed by atoms with Crippen LogP contribution in [-0.4, -0.2) is 28.0 Å². The van der Waals surface area contributed by atoms with Crippen molar-refractivity contribution in [3.8, 4) is 6.07 Å². The number of nitrogens with one attached hydrogen (secondary N) is 1. The predicted molar refractivity (Wildman–Crippen MR) is 62.4 cm³/mol. The molecule has 7 nitrogen and oxygen atoms in total. The lowest BCUT2D eigenvalue weighted by Gasteiger charge is -2.17. The molecule has 1 atom stereocenters. The highest BCUT2D eigenvalue weighted by atomic mass is 16.6. The lowest BCUT2D eigenvalue weighted by Crippen LogP contribution is -2.24. The van der Waals surface area contributed by atoms with Crippen molar-refractivity contribution in [1.29, 1.82) is 5.26 Å². The number of rotatable bonds is 4. The fourth-order valence-electron chi connectivity index (χ4n) is 1.02. The van der Waals surface area contributed by atoms with E-state index >= 15 is 0 Å². The summed E-state index contributed by atoms with van der Waals surface area (Å²) in [4.78, 5) is 16.1. The third-order valence-corrected chi connectivity index (χ3v) is 1.64. The second-order valence-electron chi connectivity index (χ2n) is 4.38. The van der Waals surface area contributed by atoms with Gasteiger partial charge in [-0.3, -0.25) is 5.10 Å². The van der Waals surface area contributed by atoms with E-state index in [0.717, 1.165) is 6.21 Å². The van der Waals surface area contributed by atoms with Crippen LogP contribution in [0.15, 0.2) is 17.4 Å². The molecule has 1 heterocycles. The van der Waals surface area contributed by atoms with Crippen LogP contribution >= 0.6 is 0 Å². The molecule has 0 spiro atoms. The maximum Gasteiger partial charge on any atom is 0.353 e. The number of nitriles is 1. The molecule has 0 saturated carbocycles. The Morgan fingerprint density at radius 1 is 1.67 bits per heavy atom.